The van der Waals surface area contributed by atoms with Gasteiger partial charge in [-0.1, -0.05) is 23.9 Å². The quantitative estimate of drug-likeness (QED) is 0.557. The Morgan fingerprint density at radius 1 is 1.30 bits per heavy atom. The zero-order chi connectivity index (χ0) is 13.9. The summed E-state index contributed by atoms with van der Waals surface area (Å²) in [7, 11) is 0. The maximum Gasteiger partial charge on any atom is 0.189 e. The number of aromatic amines is 1. The number of imidazole rings is 1. The smallest absolute Gasteiger partial charge is 0.189 e. The summed E-state index contributed by atoms with van der Waals surface area (Å²) in [6.45, 7) is 0.581. The van der Waals surface area contributed by atoms with Crippen LogP contribution in [0.4, 0.5) is 5.82 Å². The van der Waals surface area contributed by atoms with Gasteiger partial charge in [0.05, 0.1) is 22.1 Å². The number of nitrogens with one attached hydrogen (secondary N) is 2. The summed E-state index contributed by atoms with van der Waals surface area (Å²) in [6.07, 6.45) is 3.70. The van der Waals surface area contributed by atoms with Gasteiger partial charge in [-0.25, -0.2) is 15.0 Å². The average molecular weight is 350 g/mol. The van der Waals surface area contributed by atoms with Crippen LogP contribution >= 0.6 is 27.7 Å². The van der Waals surface area contributed by atoms with Crippen molar-refractivity contribution in [3.8, 4) is 0 Å². The number of para-hydroxylation sites is 2. The molecule has 0 bridgehead atoms. The number of benzene rings is 1. The molecule has 5 nitrogen and oxygen atoms in total. The SMILES string of the molecule is CSc1ncc(Br)c(NCc2nc3ccccc3[nH]2)n1. The molecule has 7 heteroatoms. The fourth-order valence-electron chi connectivity index (χ4n) is 1.83. The Bertz CT molecular complexity index is 709. The maximum atomic E-state index is 4.52. The molecule has 0 spiro atoms. The molecule has 0 aliphatic heterocycles. The molecular formula is C13H12BrN5S. The zero-order valence-corrected chi connectivity index (χ0v) is 13.1. The molecule has 0 aliphatic rings. The molecular weight excluding hydrogens is 338 g/mol. The second-order valence-electron chi connectivity index (χ2n) is 4.11. The highest BCUT2D eigenvalue weighted by molar-refractivity contribution is 9.10. The van der Waals surface area contributed by atoms with Gasteiger partial charge in [0, 0.05) is 6.20 Å². The lowest BCUT2D eigenvalue weighted by atomic mass is 10.3. The van der Waals surface area contributed by atoms with Crippen LogP contribution in [0.15, 0.2) is 40.1 Å². The third kappa shape index (κ3) is 2.78. The van der Waals surface area contributed by atoms with E-state index in [0.29, 0.717) is 6.54 Å². The largest absolute Gasteiger partial charge is 0.362 e. The Morgan fingerprint density at radius 3 is 2.95 bits per heavy atom. The molecule has 0 fully saturated rings. The molecule has 0 atom stereocenters. The van der Waals surface area contributed by atoms with Crippen LogP contribution in [0.25, 0.3) is 11.0 Å². The van der Waals surface area contributed by atoms with Crippen molar-refractivity contribution in [2.75, 3.05) is 11.6 Å². The van der Waals surface area contributed by atoms with Gasteiger partial charge in [-0.2, -0.15) is 0 Å². The number of hydrogen-bond donors (Lipinski definition) is 2. The second-order valence-corrected chi connectivity index (χ2v) is 5.74. The summed E-state index contributed by atoms with van der Waals surface area (Å²) in [6, 6.07) is 7.97. The van der Waals surface area contributed by atoms with E-state index in [0.717, 1.165) is 32.3 Å². The predicted molar refractivity (Wildman–Crippen MR) is 84.9 cm³/mol. The fraction of sp³-hybridized carbons (Fsp3) is 0.154. The zero-order valence-electron chi connectivity index (χ0n) is 10.7. The van der Waals surface area contributed by atoms with Crippen molar-refractivity contribution < 1.29 is 0 Å². The normalized spacial score (nSPS) is 10.9. The van der Waals surface area contributed by atoms with Gasteiger partial charge < -0.3 is 10.3 Å². The number of aromatic nitrogens is 4. The number of halogens is 1. The predicted octanol–water partition coefficient (Wildman–Crippen LogP) is 3.45. The van der Waals surface area contributed by atoms with E-state index < -0.39 is 0 Å². The van der Waals surface area contributed by atoms with Crippen molar-refractivity contribution in [1.29, 1.82) is 0 Å². The van der Waals surface area contributed by atoms with Gasteiger partial charge in [-0.05, 0) is 34.3 Å². The van der Waals surface area contributed by atoms with E-state index in [4.69, 9.17) is 0 Å². The van der Waals surface area contributed by atoms with E-state index in [1.165, 1.54) is 11.8 Å². The van der Waals surface area contributed by atoms with Crippen LogP contribution < -0.4 is 5.32 Å². The van der Waals surface area contributed by atoms with E-state index in [-0.39, 0.29) is 0 Å². The minimum atomic E-state index is 0.581. The molecule has 0 saturated heterocycles. The van der Waals surface area contributed by atoms with Gasteiger partial charge in [0.15, 0.2) is 5.16 Å². The highest BCUT2D eigenvalue weighted by atomic mass is 79.9. The fourth-order valence-corrected chi connectivity index (χ4v) is 2.50. The van der Waals surface area contributed by atoms with Crippen LogP contribution in [-0.4, -0.2) is 26.2 Å². The first-order valence-electron chi connectivity index (χ1n) is 6.00. The van der Waals surface area contributed by atoms with Crippen LogP contribution in [0.3, 0.4) is 0 Å². The third-order valence-electron chi connectivity index (χ3n) is 2.77. The Balaban J connectivity index is 1.79. The molecule has 2 N–H and O–H groups in total. The standard InChI is InChI=1S/C13H12BrN5S/c1-20-13-16-6-8(14)12(19-13)15-7-11-17-9-4-2-3-5-10(9)18-11/h2-6H,7H2,1H3,(H,17,18)(H,15,16,19). The van der Waals surface area contributed by atoms with Crippen molar-refractivity contribution in [3.63, 3.8) is 0 Å². The number of hydrogen-bond acceptors (Lipinski definition) is 5. The van der Waals surface area contributed by atoms with Crippen LogP contribution in [-0.2, 0) is 6.54 Å². The molecule has 0 unspecified atom stereocenters. The van der Waals surface area contributed by atoms with Crippen molar-refractivity contribution in [3.05, 3.63) is 40.8 Å². The summed E-state index contributed by atoms with van der Waals surface area (Å²) < 4.78 is 0.839. The van der Waals surface area contributed by atoms with Crippen LogP contribution in [0.1, 0.15) is 5.82 Å². The topological polar surface area (TPSA) is 66.5 Å². The lowest BCUT2D eigenvalue weighted by molar-refractivity contribution is 0.929. The lowest BCUT2D eigenvalue weighted by Gasteiger charge is -2.06. The number of thioether (sulfide) groups is 1. The van der Waals surface area contributed by atoms with E-state index in [1.807, 2.05) is 30.5 Å². The molecule has 0 aliphatic carbocycles. The molecule has 1 aromatic carbocycles. The number of fused-ring (bicyclic) bond motifs is 1. The van der Waals surface area contributed by atoms with Crippen molar-refractivity contribution in [1.82, 2.24) is 19.9 Å². The van der Waals surface area contributed by atoms with E-state index in [9.17, 15) is 0 Å². The number of H-pyrrole nitrogens is 1. The molecule has 0 amide bonds. The van der Waals surface area contributed by atoms with Gasteiger partial charge in [0.2, 0.25) is 0 Å². The van der Waals surface area contributed by atoms with Crippen molar-refractivity contribution >= 4 is 44.5 Å². The van der Waals surface area contributed by atoms with Gasteiger partial charge >= 0.3 is 0 Å². The summed E-state index contributed by atoms with van der Waals surface area (Å²) >= 11 is 4.95. The monoisotopic (exact) mass is 349 g/mol. The molecule has 2 aromatic heterocycles. The molecule has 102 valence electrons. The van der Waals surface area contributed by atoms with Gasteiger partial charge in [0.1, 0.15) is 11.6 Å². The maximum absolute atomic E-state index is 4.52. The molecule has 3 rings (SSSR count). The van der Waals surface area contributed by atoms with E-state index in [2.05, 4.69) is 41.2 Å². The Kier molecular flexibility index (Phi) is 3.88. The molecule has 0 saturated carbocycles. The first-order chi connectivity index (χ1) is 9.76. The van der Waals surface area contributed by atoms with Crippen molar-refractivity contribution in [2.45, 2.75) is 11.7 Å². The molecule has 20 heavy (non-hydrogen) atoms. The van der Waals surface area contributed by atoms with Gasteiger partial charge in [-0.15, -0.1) is 0 Å². The highest BCUT2D eigenvalue weighted by Gasteiger charge is 2.06. The highest BCUT2D eigenvalue weighted by Crippen LogP contribution is 2.22. The summed E-state index contributed by atoms with van der Waals surface area (Å²) in [5.74, 6) is 1.65. The molecule has 3 aromatic rings. The minimum Gasteiger partial charge on any atom is -0.362 e. The Hall–Kier alpha value is -1.60. The summed E-state index contributed by atoms with van der Waals surface area (Å²) in [5.41, 5.74) is 2.01. The van der Waals surface area contributed by atoms with E-state index >= 15 is 0 Å². The van der Waals surface area contributed by atoms with Gasteiger partial charge in [0.25, 0.3) is 0 Å². The average Bonchev–Trinajstić information content (AvgIpc) is 2.89. The molecule has 0 radical (unpaired) electrons. The minimum absolute atomic E-state index is 0.581. The first-order valence-corrected chi connectivity index (χ1v) is 8.02. The second kappa shape index (κ2) is 5.80. The van der Waals surface area contributed by atoms with Crippen LogP contribution in [0.5, 0.6) is 0 Å². The van der Waals surface area contributed by atoms with Crippen LogP contribution in [0, 0.1) is 0 Å². The third-order valence-corrected chi connectivity index (χ3v) is 3.91. The van der Waals surface area contributed by atoms with Gasteiger partial charge in [-0.3, -0.25) is 0 Å². The molecule has 2 heterocycles. The number of anilines is 1. The van der Waals surface area contributed by atoms with E-state index in [1.54, 1.807) is 6.20 Å². The Morgan fingerprint density at radius 2 is 2.15 bits per heavy atom. The van der Waals surface area contributed by atoms with Crippen LogP contribution in [0.2, 0.25) is 0 Å². The Labute approximate surface area is 128 Å². The summed E-state index contributed by atoms with van der Waals surface area (Å²) in [5, 5.41) is 4.00. The number of rotatable bonds is 4. The summed E-state index contributed by atoms with van der Waals surface area (Å²) in [4.78, 5) is 16.4. The number of nitrogens with zero attached hydrogens (tertiary/aromatic N) is 3. The first kappa shape index (κ1) is 13.4. The lowest BCUT2D eigenvalue weighted by Crippen LogP contribution is -2.04. The van der Waals surface area contributed by atoms with Crippen molar-refractivity contribution in [2.24, 2.45) is 0 Å².